The predicted octanol–water partition coefficient (Wildman–Crippen LogP) is 0.507. The Kier molecular flexibility index (Phi) is 2.70. The SMILES string of the molecule is COCc1cccc(N2CC(N)C2=O)c1. The molecule has 0 aromatic heterocycles. The number of ether oxygens (including phenoxy) is 1. The van der Waals surface area contributed by atoms with Crippen LogP contribution in [0.3, 0.4) is 0 Å². The first-order valence-corrected chi connectivity index (χ1v) is 4.87. The number of anilines is 1. The van der Waals surface area contributed by atoms with Crippen molar-refractivity contribution in [1.29, 1.82) is 0 Å². The molecule has 1 aliphatic rings. The summed E-state index contributed by atoms with van der Waals surface area (Å²) in [5.41, 5.74) is 7.49. The van der Waals surface area contributed by atoms with Gasteiger partial charge in [-0.1, -0.05) is 12.1 Å². The topological polar surface area (TPSA) is 55.6 Å². The highest BCUT2D eigenvalue weighted by Crippen LogP contribution is 2.22. The summed E-state index contributed by atoms with van der Waals surface area (Å²) in [4.78, 5) is 13.1. The summed E-state index contributed by atoms with van der Waals surface area (Å²) in [6.07, 6.45) is 0. The average Bonchev–Trinajstić information content (AvgIpc) is 2.26. The van der Waals surface area contributed by atoms with Crippen LogP contribution in [0.5, 0.6) is 0 Å². The van der Waals surface area contributed by atoms with Gasteiger partial charge in [0.1, 0.15) is 6.04 Å². The molecule has 0 radical (unpaired) electrons. The van der Waals surface area contributed by atoms with Crippen LogP contribution in [0.4, 0.5) is 5.69 Å². The van der Waals surface area contributed by atoms with Crippen LogP contribution in [-0.2, 0) is 16.1 Å². The van der Waals surface area contributed by atoms with Gasteiger partial charge in [0, 0.05) is 12.8 Å². The van der Waals surface area contributed by atoms with Crippen molar-refractivity contribution in [3.8, 4) is 0 Å². The molecule has 80 valence electrons. The maximum Gasteiger partial charge on any atom is 0.245 e. The minimum absolute atomic E-state index is 0.00966. The molecule has 0 aliphatic carbocycles. The Morgan fingerprint density at radius 2 is 2.40 bits per heavy atom. The van der Waals surface area contributed by atoms with Gasteiger partial charge < -0.3 is 15.4 Å². The molecular formula is C11H14N2O2. The van der Waals surface area contributed by atoms with Crippen LogP contribution in [0, 0.1) is 0 Å². The number of carbonyl (C=O) groups excluding carboxylic acids is 1. The van der Waals surface area contributed by atoms with Crippen molar-refractivity contribution in [3.63, 3.8) is 0 Å². The largest absolute Gasteiger partial charge is 0.380 e. The fourth-order valence-electron chi connectivity index (χ4n) is 1.67. The standard InChI is InChI=1S/C11H14N2O2/c1-15-7-8-3-2-4-9(5-8)13-6-10(12)11(13)14/h2-5,10H,6-7,12H2,1H3. The summed E-state index contributed by atoms with van der Waals surface area (Å²) < 4.78 is 5.03. The van der Waals surface area contributed by atoms with Gasteiger partial charge in [-0.2, -0.15) is 0 Å². The number of nitrogens with two attached hydrogens (primary N) is 1. The van der Waals surface area contributed by atoms with Gasteiger partial charge in [-0.15, -0.1) is 0 Å². The smallest absolute Gasteiger partial charge is 0.245 e. The van der Waals surface area contributed by atoms with Crippen LogP contribution < -0.4 is 10.6 Å². The van der Waals surface area contributed by atoms with Crippen molar-refractivity contribution in [2.45, 2.75) is 12.6 Å². The first-order valence-electron chi connectivity index (χ1n) is 4.87. The van der Waals surface area contributed by atoms with E-state index in [1.807, 2.05) is 24.3 Å². The van der Waals surface area contributed by atoms with E-state index in [1.54, 1.807) is 12.0 Å². The van der Waals surface area contributed by atoms with E-state index in [9.17, 15) is 4.79 Å². The Bertz CT molecular complexity index is 379. The second-order valence-electron chi connectivity index (χ2n) is 3.66. The zero-order valence-electron chi connectivity index (χ0n) is 8.64. The zero-order chi connectivity index (χ0) is 10.8. The average molecular weight is 206 g/mol. The van der Waals surface area contributed by atoms with E-state index in [0.29, 0.717) is 13.2 Å². The Hall–Kier alpha value is -1.39. The number of hydrogen-bond donors (Lipinski definition) is 1. The van der Waals surface area contributed by atoms with Crippen molar-refractivity contribution in [1.82, 2.24) is 0 Å². The molecule has 15 heavy (non-hydrogen) atoms. The van der Waals surface area contributed by atoms with Crippen LogP contribution >= 0.6 is 0 Å². The van der Waals surface area contributed by atoms with E-state index in [4.69, 9.17) is 10.5 Å². The number of benzene rings is 1. The van der Waals surface area contributed by atoms with Gasteiger partial charge in [-0.3, -0.25) is 4.79 Å². The molecule has 2 N–H and O–H groups in total. The van der Waals surface area contributed by atoms with Gasteiger partial charge >= 0.3 is 0 Å². The molecule has 1 fully saturated rings. The van der Waals surface area contributed by atoms with Gasteiger partial charge in [0.15, 0.2) is 0 Å². The van der Waals surface area contributed by atoms with Gasteiger partial charge in [0.25, 0.3) is 0 Å². The first-order chi connectivity index (χ1) is 7.22. The molecule has 4 heteroatoms. The summed E-state index contributed by atoms with van der Waals surface area (Å²) >= 11 is 0. The summed E-state index contributed by atoms with van der Waals surface area (Å²) in [5, 5.41) is 0. The minimum atomic E-state index is -0.323. The van der Waals surface area contributed by atoms with E-state index < -0.39 is 0 Å². The van der Waals surface area contributed by atoms with Crippen molar-refractivity contribution in [2.24, 2.45) is 5.73 Å². The second-order valence-corrected chi connectivity index (χ2v) is 3.66. The summed E-state index contributed by atoms with van der Waals surface area (Å²) in [5.74, 6) is -0.00966. The highest BCUT2D eigenvalue weighted by atomic mass is 16.5. The van der Waals surface area contributed by atoms with Crippen molar-refractivity contribution < 1.29 is 9.53 Å². The third kappa shape index (κ3) is 1.86. The Labute approximate surface area is 88.6 Å². The number of β-lactam (4-membered cyclic amide) rings is 1. The Balaban J connectivity index is 2.15. The van der Waals surface area contributed by atoms with E-state index in [2.05, 4.69) is 0 Å². The highest BCUT2D eigenvalue weighted by molar-refractivity contribution is 6.03. The predicted molar refractivity (Wildman–Crippen MR) is 57.5 cm³/mol. The number of rotatable bonds is 3. The van der Waals surface area contributed by atoms with Gasteiger partial charge in [0.2, 0.25) is 5.91 Å². The summed E-state index contributed by atoms with van der Waals surface area (Å²) in [7, 11) is 1.65. The van der Waals surface area contributed by atoms with Gasteiger partial charge in [0.05, 0.1) is 13.2 Å². The quantitative estimate of drug-likeness (QED) is 0.733. The van der Waals surface area contributed by atoms with E-state index in [0.717, 1.165) is 11.3 Å². The fraction of sp³-hybridized carbons (Fsp3) is 0.364. The lowest BCUT2D eigenvalue weighted by atomic mass is 10.1. The molecule has 2 rings (SSSR count). The Morgan fingerprint density at radius 1 is 1.60 bits per heavy atom. The summed E-state index contributed by atoms with van der Waals surface area (Å²) in [6.45, 7) is 1.16. The van der Waals surface area contributed by atoms with Crippen molar-refractivity contribution in [2.75, 3.05) is 18.6 Å². The van der Waals surface area contributed by atoms with Crippen LogP contribution in [0.2, 0.25) is 0 Å². The molecule has 1 atom stereocenters. The summed E-state index contributed by atoms with van der Waals surface area (Å²) in [6, 6.07) is 7.42. The maximum atomic E-state index is 11.4. The van der Waals surface area contributed by atoms with E-state index >= 15 is 0 Å². The second kappa shape index (κ2) is 4.00. The maximum absolute atomic E-state index is 11.4. The monoisotopic (exact) mass is 206 g/mol. The number of methoxy groups -OCH3 is 1. The molecule has 1 heterocycles. The van der Waals surface area contributed by atoms with Crippen LogP contribution in [0.15, 0.2) is 24.3 Å². The molecule has 0 bridgehead atoms. The zero-order valence-corrected chi connectivity index (χ0v) is 8.64. The molecule has 4 nitrogen and oxygen atoms in total. The minimum Gasteiger partial charge on any atom is -0.380 e. The molecule has 1 aromatic rings. The van der Waals surface area contributed by atoms with E-state index in [-0.39, 0.29) is 11.9 Å². The molecular weight excluding hydrogens is 192 g/mol. The molecule has 1 unspecified atom stereocenters. The van der Waals surface area contributed by atoms with Crippen LogP contribution in [0.1, 0.15) is 5.56 Å². The van der Waals surface area contributed by atoms with E-state index in [1.165, 1.54) is 0 Å². The lowest BCUT2D eigenvalue weighted by Crippen LogP contribution is -2.61. The van der Waals surface area contributed by atoms with Gasteiger partial charge in [-0.05, 0) is 17.7 Å². The number of amides is 1. The van der Waals surface area contributed by atoms with Crippen LogP contribution in [0.25, 0.3) is 0 Å². The fourth-order valence-corrected chi connectivity index (χ4v) is 1.67. The lowest BCUT2D eigenvalue weighted by Gasteiger charge is -2.36. The number of nitrogens with zero attached hydrogens (tertiary/aromatic N) is 1. The van der Waals surface area contributed by atoms with Gasteiger partial charge in [-0.25, -0.2) is 0 Å². The number of carbonyl (C=O) groups is 1. The van der Waals surface area contributed by atoms with Crippen molar-refractivity contribution >= 4 is 11.6 Å². The molecule has 1 aliphatic heterocycles. The molecule has 1 aromatic carbocycles. The molecule has 1 saturated heterocycles. The lowest BCUT2D eigenvalue weighted by molar-refractivity contribution is -0.123. The number of hydrogen-bond acceptors (Lipinski definition) is 3. The van der Waals surface area contributed by atoms with Crippen LogP contribution in [-0.4, -0.2) is 25.6 Å². The first kappa shape index (κ1) is 10.1. The molecule has 0 saturated carbocycles. The van der Waals surface area contributed by atoms with Crippen molar-refractivity contribution in [3.05, 3.63) is 29.8 Å². The molecule has 1 amide bonds. The highest BCUT2D eigenvalue weighted by Gasteiger charge is 2.34. The third-order valence-corrected chi connectivity index (χ3v) is 2.50. The third-order valence-electron chi connectivity index (χ3n) is 2.50. The molecule has 0 spiro atoms. The Morgan fingerprint density at radius 3 is 3.00 bits per heavy atom. The normalized spacial score (nSPS) is 20.3.